The van der Waals surface area contributed by atoms with Crippen LogP contribution < -0.4 is 30.1 Å². The predicted octanol–water partition coefficient (Wildman–Crippen LogP) is 4.81. The highest BCUT2D eigenvalue weighted by atomic mass is 35.5. The fraction of sp³-hybridized carbons (Fsp3) is 0.847. The van der Waals surface area contributed by atoms with Gasteiger partial charge in [0.25, 0.3) is 11.8 Å². The summed E-state index contributed by atoms with van der Waals surface area (Å²) < 4.78 is 12.3. The zero-order valence-electron chi connectivity index (χ0n) is 48.7. The second-order valence-electron chi connectivity index (χ2n) is 22.9. The number of nitrogens with zero attached hydrogens (tertiary/aromatic N) is 5. The van der Waals surface area contributed by atoms with Gasteiger partial charge < -0.3 is 58.4 Å². The molecule has 15 heteroatoms. The third-order valence-corrected chi connectivity index (χ3v) is 13.4. The molecule has 13 nitrogen and oxygen atoms in total. The average Bonchev–Trinajstić information content (AvgIpc) is 3.42. The summed E-state index contributed by atoms with van der Waals surface area (Å²) in [6.45, 7) is 8.23. The number of nitrogens with one attached hydrogen (secondary N) is 1. The number of amides is 3. The van der Waals surface area contributed by atoms with Crippen molar-refractivity contribution in [3.63, 3.8) is 0 Å². The van der Waals surface area contributed by atoms with E-state index in [2.05, 4.69) is 43.5 Å². The summed E-state index contributed by atoms with van der Waals surface area (Å²) in [5.74, 6) is -1.32. The highest BCUT2D eigenvalue weighted by Gasteiger charge is 2.29. The van der Waals surface area contributed by atoms with Gasteiger partial charge in [0, 0.05) is 45.7 Å². The fourth-order valence-electron chi connectivity index (χ4n) is 8.95. The van der Waals surface area contributed by atoms with E-state index in [0.717, 1.165) is 57.8 Å². The van der Waals surface area contributed by atoms with Crippen molar-refractivity contribution in [1.82, 2.24) is 20.0 Å². The molecule has 1 fully saturated rings. The minimum atomic E-state index is -1.01. The lowest BCUT2D eigenvalue weighted by Gasteiger charge is -2.31. The van der Waals surface area contributed by atoms with Gasteiger partial charge >= 0.3 is 11.9 Å². The van der Waals surface area contributed by atoms with Crippen molar-refractivity contribution in [3.8, 4) is 0 Å². The molecule has 1 rings (SSSR count). The molecular formula is C59H112Cl2N6O7. The molecule has 0 aromatic heterocycles. The summed E-state index contributed by atoms with van der Waals surface area (Å²) in [5.41, 5.74) is 0. The average molecular weight is 1090 g/mol. The highest BCUT2D eigenvalue weighted by Crippen LogP contribution is 2.14. The molecule has 1 N–H and O–H groups in total. The Bertz CT molecular complexity index is 1450. The van der Waals surface area contributed by atoms with Crippen LogP contribution in [0.2, 0.25) is 0 Å². The number of ether oxygens (including phenoxy) is 2. The number of likely N-dealkylation sites (N-methyl/N-ethyl adjacent to an activating group) is 2. The molecule has 0 bridgehead atoms. The number of rotatable bonds is 43. The van der Waals surface area contributed by atoms with Crippen LogP contribution in [0.1, 0.15) is 206 Å². The van der Waals surface area contributed by atoms with Crippen molar-refractivity contribution >= 4 is 29.7 Å². The molecule has 3 amide bonds. The van der Waals surface area contributed by atoms with Crippen LogP contribution in [-0.4, -0.2) is 174 Å². The van der Waals surface area contributed by atoms with Crippen LogP contribution in [0.3, 0.4) is 0 Å². The Kier molecular flexibility index (Phi) is 47.1. The number of quaternary nitrogens is 2. The SMILES string of the molecule is CCCCCCCC/C=C\CCCCCCCCOC(=O)CCC(NC(=O)CN1CCN(C(=O)C[N+](C)(C)C)CCN(C(=O)C[N+](C)(C)C)CC1)C(=O)OCCCCCCCC/C=C\CCCCCCCC.[Cl-].[Cl-]. The van der Waals surface area contributed by atoms with Crippen LogP contribution in [-0.2, 0) is 33.4 Å². The van der Waals surface area contributed by atoms with E-state index in [1.165, 1.54) is 122 Å². The molecule has 0 saturated carbocycles. The van der Waals surface area contributed by atoms with E-state index in [1.807, 2.05) is 47.2 Å². The zero-order chi connectivity index (χ0) is 53.1. The molecule has 0 aromatic rings. The number of esters is 2. The van der Waals surface area contributed by atoms with Gasteiger partial charge in [0.15, 0.2) is 13.1 Å². The Morgan fingerprint density at radius 3 is 1.19 bits per heavy atom. The lowest BCUT2D eigenvalue weighted by Crippen LogP contribution is -3.00. The first-order valence-electron chi connectivity index (χ1n) is 29.3. The van der Waals surface area contributed by atoms with Gasteiger partial charge in [0.1, 0.15) is 6.04 Å². The zero-order valence-corrected chi connectivity index (χ0v) is 50.2. The highest BCUT2D eigenvalue weighted by molar-refractivity contribution is 5.86. The van der Waals surface area contributed by atoms with Gasteiger partial charge in [-0.2, -0.15) is 0 Å². The van der Waals surface area contributed by atoms with Gasteiger partial charge in [0.2, 0.25) is 5.91 Å². The van der Waals surface area contributed by atoms with Crippen LogP contribution >= 0.6 is 0 Å². The maximum atomic E-state index is 13.8. The Balaban J connectivity index is 0. The Morgan fingerprint density at radius 1 is 0.473 bits per heavy atom. The normalized spacial score (nSPS) is 14.2. The number of carbonyl (C=O) groups is 5. The van der Waals surface area contributed by atoms with E-state index in [-0.39, 0.29) is 74.5 Å². The Labute approximate surface area is 466 Å². The first kappa shape index (κ1) is 73.4. The molecule has 1 heterocycles. The smallest absolute Gasteiger partial charge is 0.328 e. The number of hydrogen-bond donors (Lipinski definition) is 1. The molecule has 74 heavy (non-hydrogen) atoms. The van der Waals surface area contributed by atoms with E-state index in [9.17, 15) is 24.0 Å². The van der Waals surface area contributed by atoms with Gasteiger partial charge in [-0.15, -0.1) is 0 Å². The van der Waals surface area contributed by atoms with Crippen LogP contribution in [0.4, 0.5) is 0 Å². The van der Waals surface area contributed by atoms with Crippen LogP contribution in [0.5, 0.6) is 0 Å². The summed E-state index contributed by atoms with van der Waals surface area (Å²) in [4.78, 5) is 72.8. The van der Waals surface area contributed by atoms with Gasteiger partial charge in [-0.3, -0.25) is 24.1 Å². The summed E-state index contributed by atoms with van der Waals surface area (Å²) in [6, 6.07) is -1.01. The molecule has 0 spiro atoms. The molecule has 1 saturated heterocycles. The van der Waals surface area contributed by atoms with E-state index in [1.54, 1.807) is 9.80 Å². The van der Waals surface area contributed by atoms with Gasteiger partial charge in [0.05, 0.1) is 62.0 Å². The van der Waals surface area contributed by atoms with Crippen molar-refractivity contribution in [1.29, 1.82) is 0 Å². The number of halogens is 2. The van der Waals surface area contributed by atoms with Crippen molar-refractivity contribution in [2.75, 3.05) is 114 Å². The second kappa shape index (κ2) is 47.5. The lowest BCUT2D eigenvalue weighted by molar-refractivity contribution is -0.862. The molecule has 1 aliphatic rings. The minimum absolute atomic E-state index is 0. The Hall–Kier alpha value is -2.71. The largest absolute Gasteiger partial charge is 1.00 e. The topological polar surface area (TPSA) is 126 Å². The molecule has 0 aromatic carbocycles. The van der Waals surface area contributed by atoms with Crippen molar-refractivity contribution in [2.24, 2.45) is 0 Å². The van der Waals surface area contributed by atoms with E-state index >= 15 is 0 Å². The quantitative estimate of drug-likeness (QED) is 0.0400. The second-order valence-corrected chi connectivity index (χ2v) is 22.9. The van der Waals surface area contributed by atoms with E-state index in [4.69, 9.17) is 9.47 Å². The van der Waals surface area contributed by atoms with Crippen LogP contribution in [0.15, 0.2) is 24.3 Å². The molecule has 434 valence electrons. The molecule has 1 unspecified atom stereocenters. The number of carbonyl (C=O) groups excluding carboxylic acids is 5. The first-order valence-corrected chi connectivity index (χ1v) is 29.3. The van der Waals surface area contributed by atoms with Crippen molar-refractivity contribution < 1.29 is 67.2 Å². The molecular weight excluding hydrogens is 976 g/mol. The van der Waals surface area contributed by atoms with E-state index in [0.29, 0.717) is 67.9 Å². The van der Waals surface area contributed by atoms with Gasteiger partial charge in [-0.1, -0.05) is 154 Å². The van der Waals surface area contributed by atoms with Gasteiger partial charge in [-0.05, 0) is 70.6 Å². The molecule has 0 aliphatic carbocycles. The lowest BCUT2D eigenvalue weighted by atomic mass is 10.1. The fourth-order valence-corrected chi connectivity index (χ4v) is 8.95. The summed E-state index contributed by atoms with van der Waals surface area (Å²) >= 11 is 0. The Morgan fingerprint density at radius 2 is 0.811 bits per heavy atom. The molecule has 1 aliphatic heterocycles. The monoisotopic (exact) mass is 1090 g/mol. The van der Waals surface area contributed by atoms with Crippen LogP contribution in [0, 0.1) is 0 Å². The number of hydrogen-bond acceptors (Lipinski definition) is 8. The number of allylic oxidation sites excluding steroid dienone is 4. The van der Waals surface area contributed by atoms with Crippen LogP contribution in [0.25, 0.3) is 0 Å². The first-order chi connectivity index (χ1) is 34.5. The summed E-state index contributed by atoms with van der Waals surface area (Å²) in [6.07, 6.45) is 43.0. The van der Waals surface area contributed by atoms with E-state index < -0.39 is 12.0 Å². The minimum Gasteiger partial charge on any atom is -1.00 e. The standard InChI is InChI=1S/C59H111N6O7.2ClH/c1-9-11-13-15-17-19-21-23-25-27-29-31-33-35-37-39-49-71-58(69)42-41-54(59(70)72-50-40-38-36-34-32-30-28-26-24-22-20-18-16-14-12-10-2)60-55(66)51-61-43-45-62(56(67)52-64(3,4)5)47-48-63(46-44-61)57(68)53-65(6,7)8;;/h23-26,54H,9-22,27-53H2,1-8H3;2*1H/q+1;;/p-1/b25-23-,26-24-;;. The number of unbranched alkanes of at least 4 members (excludes halogenated alkanes) is 24. The van der Waals surface area contributed by atoms with Gasteiger partial charge in [-0.25, -0.2) is 4.79 Å². The third-order valence-electron chi connectivity index (χ3n) is 13.4. The predicted molar refractivity (Wildman–Crippen MR) is 297 cm³/mol. The molecule has 1 atom stereocenters. The maximum Gasteiger partial charge on any atom is 0.328 e. The maximum absolute atomic E-state index is 13.8. The summed E-state index contributed by atoms with van der Waals surface area (Å²) in [5, 5.41) is 2.90. The van der Waals surface area contributed by atoms with Crippen molar-refractivity contribution in [2.45, 2.75) is 213 Å². The van der Waals surface area contributed by atoms with Crippen molar-refractivity contribution in [3.05, 3.63) is 24.3 Å². The molecule has 0 radical (unpaired) electrons. The third kappa shape index (κ3) is 44.4. The summed E-state index contributed by atoms with van der Waals surface area (Å²) in [7, 11) is 11.8.